The Morgan fingerprint density at radius 3 is 2.69 bits per heavy atom. The molecule has 1 unspecified atom stereocenters. The normalized spacial score (nSPS) is 17.0. The van der Waals surface area contributed by atoms with Gasteiger partial charge in [0.25, 0.3) is 5.91 Å². The minimum Gasteiger partial charge on any atom is -0.366 e. The number of hydrogen-bond acceptors (Lipinski definition) is 5. The predicted octanol–water partition coefficient (Wildman–Crippen LogP) is 3.97. The Hall–Kier alpha value is -2.77. The number of rotatable bonds is 4. The van der Waals surface area contributed by atoms with Crippen LogP contribution in [0.2, 0.25) is 10.0 Å². The molecule has 26 heavy (non-hydrogen) atoms. The second kappa shape index (κ2) is 7.23. The van der Waals surface area contributed by atoms with Crippen molar-refractivity contribution >= 4 is 52.1 Å². The summed E-state index contributed by atoms with van der Waals surface area (Å²) in [7, 11) is 0. The van der Waals surface area contributed by atoms with E-state index in [2.05, 4.69) is 15.3 Å². The Morgan fingerprint density at radius 1 is 1.23 bits per heavy atom. The van der Waals surface area contributed by atoms with Crippen molar-refractivity contribution in [1.29, 1.82) is 0 Å². The van der Waals surface area contributed by atoms with Crippen molar-refractivity contribution in [3.8, 4) is 0 Å². The largest absolute Gasteiger partial charge is 0.366 e. The fourth-order valence-electron chi connectivity index (χ4n) is 2.36. The zero-order chi connectivity index (χ0) is 18.8. The van der Waals surface area contributed by atoms with Crippen molar-refractivity contribution in [1.82, 2.24) is 0 Å². The molecule has 1 atom stereocenters. The highest BCUT2D eigenvalue weighted by molar-refractivity contribution is 6.37. The molecule has 2 amide bonds. The van der Waals surface area contributed by atoms with Gasteiger partial charge in [0.2, 0.25) is 5.91 Å². The summed E-state index contributed by atoms with van der Waals surface area (Å²) in [5.41, 5.74) is 6.83. The summed E-state index contributed by atoms with van der Waals surface area (Å²) in [6, 6.07) is 10.2. The van der Waals surface area contributed by atoms with Crippen molar-refractivity contribution < 1.29 is 9.59 Å². The number of carbonyl (C=O) groups excluding carboxylic acids is 2. The lowest BCUT2D eigenvalue weighted by Crippen LogP contribution is -2.29. The molecule has 9 heteroatoms. The van der Waals surface area contributed by atoms with Crippen molar-refractivity contribution in [2.24, 2.45) is 21.1 Å². The fourth-order valence-corrected chi connectivity index (χ4v) is 2.85. The van der Waals surface area contributed by atoms with Crippen LogP contribution in [0.3, 0.4) is 0 Å². The molecule has 7 nitrogen and oxygen atoms in total. The quantitative estimate of drug-likeness (QED) is 0.799. The van der Waals surface area contributed by atoms with Crippen molar-refractivity contribution in [2.45, 2.75) is 13.0 Å². The summed E-state index contributed by atoms with van der Waals surface area (Å²) in [6.45, 7) is 1.67. The van der Waals surface area contributed by atoms with E-state index in [0.29, 0.717) is 32.7 Å². The third-order valence-electron chi connectivity index (χ3n) is 3.65. The number of nitrogens with two attached hydrogens (primary N) is 1. The number of amides is 2. The number of hydrogen-bond donors (Lipinski definition) is 1. The molecule has 0 fully saturated rings. The van der Waals surface area contributed by atoms with Gasteiger partial charge in [0.05, 0.1) is 22.1 Å². The summed E-state index contributed by atoms with van der Waals surface area (Å²) in [6.07, 6.45) is 0. The van der Waals surface area contributed by atoms with Gasteiger partial charge in [-0.2, -0.15) is 20.3 Å². The molecule has 0 saturated heterocycles. The van der Waals surface area contributed by atoms with Crippen LogP contribution in [0.1, 0.15) is 17.3 Å². The molecular formula is C17H13Cl2N5O2. The molecule has 0 bridgehead atoms. The number of hydrazone groups is 1. The Balaban J connectivity index is 1.84. The van der Waals surface area contributed by atoms with Gasteiger partial charge in [-0.3, -0.25) is 9.59 Å². The molecule has 3 rings (SSSR count). The first kappa shape index (κ1) is 18.0. The molecule has 132 valence electrons. The van der Waals surface area contributed by atoms with E-state index in [4.69, 9.17) is 28.9 Å². The molecule has 2 N–H and O–H groups in total. The van der Waals surface area contributed by atoms with Gasteiger partial charge in [0, 0.05) is 10.6 Å². The molecular weight excluding hydrogens is 377 g/mol. The van der Waals surface area contributed by atoms with Crippen LogP contribution in [0.5, 0.6) is 0 Å². The van der Waals surface area contributed by atoms with E-state index in [9.17, 15) is 9.59 Å². The SMILES string of the molecule is CC1=NN(c2ccc(Cl)cc2Cl)C(=O)C1N=Nc1cccc(C(N)=O)c1. The first-order valence-electron chi connectivity index (χ1n) is 7.51. The molecule has 1 aliphatic rings. The van der Waals surface area contributed by atoms with E-state index >= 15 is 0 Å². The molecule has 0 aliphatic carbocycles. The Labute approximate surface area is 159 Å². The van der Waals surface area contributed by atoms with Gasteiger partial charge in [-0.15, -0.1) is 0 Å². The van der Waals surface area contributed by atoms with E-state index in [1.807, 2.05) is 0 Å². The third kappa shape index (κ3) is 3.58. The van der Waals surface area contributed by atoms with Crippen LogP contribution in [0.15, 0.2) is 57.8 Å². The molecule has 1 heterocycles. The van der Waals surface area contributed by atoms with Crippen LogP contribution >= 0.6 is 23.2 Å². The lowest BCUT2D eigenvalue weighted by atomic mass is 10.2. The first-order chi connectivity index (χ1) is 12.4. The lowest BCUT2D eigenvalue weighted by molar-refractivity contribution is -0.117. The highest BCUT2D eigenvalue weighted by atomic mass is 35.5. The van der Waals surface area contributed by atoms with Crippen LogP contribution in [0.4, 0.5) is 11.4 Å². The molecule has 0 radical (unpaired) electrons. The molecule has 1 aliphatic heterocycles. The fraction of sp³-hybridized carbons (Fsp3) is 0.118. The summed E-state index contributed by atoms with van der Waals surface area (Å²) in [5, 5.41) is 14.2. The molecule has 0 spiro atoms. The topological polar surface area (TPSA) is 100 Å². The second-order valence-corrected chi connectivity index (χ2v) is 6.36. The zero-order valence-corrected chi connectivity index (χ0v) is 15.1. The van der Waals surface area contributed by atoms with Gasteiger partial charge < -0.3 is 5.73 Å². The minimum absolute atomic E-state index is 0.300. The summed E-state index contributed by atoms with van der Waals surface area (Å²) in [4.78, 5) is 23.9. The Morgan fingerprint density at radius 2 is 2.00 bits per heavy atom. The van der Waals surface area contributed by atoms with Crippen LogP contribution in [-0.2, 0) is 4.79 Å². The lowest BCUT2D eigenvalue weighted by Gasteiger charge is -2.14. The molecule has 2 aromatic rings. The number of halogens is 2. The third-order valence-corrected chi connectivity index (χ3v) is 4.19. The van der Waals surface area contributed by atoms with Crippen LogP contribution < -0.4 is 10.7 Å². The number of carbonyl (C=O) groups is 2. The van der Waals surface area contributed by atoms with Gasteiger partial charge >= 0.3 is 0 Å². The maximum atomic E-state index is 12.6. The summed E-state index contributed by atoms with van der Waals surface area (Å²) >= 11 is 12.0. The molecule has 0 aromatic heterocycles. The zero-order valence-electron chi connectivity index (χ0n) is 13.6. The standard InChI is InChI=1S/C17H13Cl2N5O2/c1-9-15(22-21-12-4-2-3-10(7-12)16(20)25)17(26)24(23-9)14-6-5-11(18)8-13(14)19/h2-8,15H,1H3,(H2,20,25). The number of benzene rings is 2. The van der Waals surface area contributed by atoms with E-state index in [1.165, 1.54) is 17.1 Å². The van der Waals surface area contributed by atoms with Gasteiger partial charge in [0.1, 0.15) is 0 Å². The predicted molar refractivity (Wildman–Crippen MR) is 100 cm³/mol. The maximum absolute atomic E-state index is 12.6. The molecule has 2 aromatic carbocycles. The molecule has 0 saturated carbocycles. The first-order valence-corrected chi connectivity index (χ1v) is 8.27. The monoisotopic (exact) mass is 389 g/mol. The van der Waals surface area contributed by atoms with Gasteiger partial charge in [-0.1, -0.05) is 29.3 Å². The van der Waals surface area contributed by atoms with E-state index in [-0.39, 0.29) is 5.91 Å². The van der Waals surface area contributed by atoms with Crippen LogP contribution in [0.25, 0.3) is 0 Å². The summed E-state index contributed by atoms with van der Waals surface area (Å²) < 4.78 is 0. The number of anilines is 1. The average molecular weight is 390 g/mol. The van der Waals surface area contributed by atoms with Gasteiger partial charge in [0.15, 0.2) is 6.04 Å². The van der Waals surface area contributed by atoms with Gasteiger partial charge in [-0.05, 0) is 43.3 Å². The van der Waals surface area contributed by atoms with E-state index in [0.717, 1.165) is 0 Å². The van der Waals surface area contributed by atoms with Gasteiger partial charge in [-0.25, -0.2) is 0 Å². The maximum Gasteiger partial charge on any atom is 0.280 e. The number of nitrogens with zero attached hydrogens (tertiary/aromatic N) is 4. The van der Waals surface area contributed by atoms with Crippen LogP contribution in [0, 0.1) is 0 Å². The van der Waals surface area contributed by atoms with Crippen molar-refractivity contribution in [3.05, 3.63) is 58.1 Å². The summed E-state index contributed by atoms with van der Waals surface area (Å²) in [5.74, 6) is -0.957. The Kier molecular flexibility index (Phi) is 5.01. The number of azo groups is 1. The highest BCUT2D eigenvalue weighted by Crippen LogP contribution is 2.32. The Bertz CT molecular complexity index is 958. The second-order valence-electron chi connectivity index (χ2n) is 5.52. The average Bonchev–Trinajstić information content (AvgIpc) is 2.87. The number of primary amides is 1. The van der Waals surface area contributed by atoms with Crippen molar-refractivity contribution in [3.63, 3.8) is 0 Å². The highest BCUT2D eigenvalue weighted by Gasteiger charge is 2.35. The smallest absolute Gasteiger partial charge is 0.280 e. The van der Waals surface area contributed by atoms with E-state index in [1.54, 1.807) is 37.3 Å². The minimum atomic E-state index is -0.876. The van der Waals surface area contributed by atoms with E-state index < -0.39 is 11.9 Å². The van der Waals surface area contributed by atoms with Crippen molar-refractivity contribution in [2.75, 3.05) is 5.01 Å². The van der Waals surface area contributed by atoms with Crippen LogP contribution in [-0.4, -0.2) is 23.6 Å².